The van der Waals surface area contributed by atoms with Gasteiger partial charge >= 0.3 is 0 Å². The maximum Gasteiger partial charge on any atom is 0.279 e. The van der Waals surface area contributed by atoms with Crippen LogP contribution in [0.15, 0.2) is 11.1 Å². The molecule has 1 aromatic heterocycles. The number of aryl methyl sites for hydroxylation is 1. The van der Waals surface area contributed by atoms with Crippen molar-refractivity contribution >= 4 is 42.3 Å². The van der Waals surface area contributed by atoms with Crippen molar-refractivity contribution in [1.82, 2.24) is 4.98 Å². The van der Waals surface area contributed by atoms with Crippen LogP contribution < -0.4 is 0 Å². The molecule has 0 saturated carbocycles. The lowest BCUT2D eigenvalue weighted by Gasteiger charge is -2.07. The molecule has 84 valence electrons. The molecule has 1 rings (SSSR count). The van der Waals surface area contributed by atoms with Crippen LogP contribution >= 0.6 is 33.3 Å². The lowest BCUT2D eigenvalue weighted by Crippen LogP contribution is -2.05. The van der Waals surface area contributed by atoms with Crippen LogP contribution in [0.5, 0.6) is 0 Å². The van der Waals surface area contributed by atoms with Gasteiger partial charge in [0.25, 0.3) is 15.5 Å². The summed E-state index contributed by atoms with van der Waals surface area (Å²) in [6, 6.07) is 1.08. The molecule has 0 amide bonds. The second kappa shape index (κ2) is 4.46. The lowest BCUT2D eigenvalue weighted by molar-refractivity contribution is 0.147. The Labute approximate surface area is 103 Å². The Morgan fingerprint density at radius 1 is 1.53 bits per heavy atom. The molecule has 0 atom stereocenters. The Morgan fingerprint density at radius 2 is 2.07 bits per heavy atom. The monoisotopic (exact) mass is 367 g/mol. The summed E-state index contributed by atoms with van der Waals surface area (Å²) >= 11 is 1.75. The second-order valence-corrected chi connectivity index (χ2v) is 6.23. The Balaban J connectivity index is 3.56. The molecule has 0 spiro atoms. The lowest BCUT2D eigenvalue weighted by atomic mass is 10.2. The SMILES string of the molecule is Cc1cc(C(F)F)c(S(=O)(=O)Cl)nc1I. The Hall–Kier alpha value is -0.0200. The highest BCUT2D eigenvalue weighted by atomic mass is 127. The molecule has 0 aliphatic rings. The van der Waals surface area contributed by atoms with Crippen molar-refractivity contribution in [3.05, 3.63) is 20.9 Å². The van der Waals surface area contributed by atoms with Crippen molar-refractivity contribution in [1.29, 1.82) is 0 Å². The number of hydrogen-bond donors (Lipinski definition) is 0. The van der Waals surface area contributed by atoms with Crippen molar-refractivity contribution in [3.8, 4) is 0 Å². The van der Waals surface area contributed by atoms with Crippen LogP contribution in [-0.4, -0.2) is 13.4 Å². The van der Waals surface area contributed by atoms with Gasteiger partial charge in [-0.1, -0.05) is 0 Å². The maximum absolute atomic E-state index is 12.5. The van der Waals surface area contributed by atoms with Crippen molar-refractivity contribution in [3.63, 3.8) is 0 Å². The third-order valence-corrected chi connectivity index (χ3v) is 3.93. The van der Waals surface area contributed by atoms with Gasteiger partial charge in [0.2, 0.25) is 0 Å². The molecule has 0 aliphatic carbocycles. The third-order valence-electron chi connectivity index (χ3n) is 1.61. The molecule has 0 bridgehead atoms. The molecule has 0 aromatic carbocycles. The quantitative estimate of drug-likeness (QED) is 0.459. The minimum atomic E-state index is -4.24. The smallest absolute Gasteiger partial charge is 0.228 e. The third kappa shape index (κ3) is 2.97. The van der Waals surface area contributed by atoms with Gasteiger partial charge in [-0.15, -0.1) is 0 Å². The Morgan fingerprint density at radius 3 is 2.47 bits per heavy atom. The minimum Gasteiger partial charge on any atom is -0.228 e. The van der Waals surface area contributed by atoms with E-state index in [-0.39, 0.29) is 0 Å². The number of pyridine rings is 1. The molecule has 0 fully saturated rings. The molecular weight excluding hydrogens is 363 g/mol. The summed E-state index contributed by atoms with van der Waals surface area (Å²) in [6.45, 7) is 1.56. The van der Waals surface area contributed by atoms with Gasteiger partial charge in [-0.3, -0.25) is 0 Å². The van der Waals surface area contributed by atoms with Gasteiger partial charge in [0.1, 0.15) is 3.70 Å². The summed E-state index contributed by atoms with van der Waals surface area (Å²) in [6.07, 6.45) is -2.92. The standard InChI is InChI=1S/C7H5ClF2INO2S/c1-3-2-4(5(9)10)7(12-6(3)11)15(8,13)14/h2,5H,1H3. The first-order valence-corrected chi connectivity index (χ1v) is 7.02. The zero-order valence-electron chi connectivity index (χ0n) is 7.34. The summed E-state index contributed by atoms with van der Waals surface area (Å²) in [4.78, 5) is 3.55. The van der Waals surface area contributed by atoms with E-state index < -0.39 is 26.1 Å². The van der Waals surface area contributed by atoms with E-state index in [0.717, 1.165) is 6.07 Å². The van der Waals surface area contributed by atoms with E-state index in [1.807, 2.05) is 0 Å². The van der Waals surface area contributed by atoms with E-state index >= 15 is 0 Å². The summed E-state index contributed by atoms with van der Waals surface area (Å²) in [5, 5.41) is -0.769. The first-order chi connectivity index (χ1) is 6.73. The van der Waals surface area contributed by atoms with Crippen molar-refractivity contribution < 1.29 is 17.2 Å². The van der Waals surface area contributed by atoms with E-state index in [1.54, 1.807) is 29.5 Å². The van der Waals surface area contributed by atoms with Gasteiger partial charge in [-0.05, 0) is 41.1 Å². The van der Waals surface area contributed by atoms with E-state index in [9.17, 15) is 17.2 Å². The van der Waals surface area contributed by atoms with Gasteiger partial charge in [-0.2, -0.15) is 0 Å². The largest absolute Gasteiger partial charge is 0.279 e. The fraction of sp³-hybridized carbons (Fsp3) is 0.286. The molecule has 3 nitrogen and oxygen atoms in total. The highest BCUT2D eigenvalue weighted by Crippen LogP contribution is 2.29. The molecule has 15 heavy (non-hydrogen) atoms. The Bertz CT molecular complexity index is 492. The summed E-state index contributed by atoms with van der Waals surface area (Å²) in [7, 11) is 0.764. The van der Waals surface area contributed by atoms with Crippen molar-refractivity contribution in [2.75, 3.05) is 0 Å². The number of halogens is 4. The van der Waals surface area contributed by atoms with Crippen LogP contribution in [-0.2, 0) is 9.05 Å². The van der Waals surface area contributed by atoms with Gasteiger partial charge in [0, 0.05) is 10.7 Å². The summed E-state index contributed by atoms with van der Waals surface area (Å²) in [5.41, 5.74) is -0.183. The molecule has 0 aliphatic heterocycles. The van der Waals surface area contributed by atoms with E-state index in [2.05, 4.69) is 4.98 Å². The molecule has 8 heteroatoms. The zero-order valence-corrected chi connectivity index (χ0v) is 11.1. The zero-order chi connectivity index (χ0) is 11.8. The second-order valence-electron chi connectivity index (χ2n) is 2.73. The first kappa shape index (κ1) is 13.0. The minimum absolute atomic E-state index is 0.330. The normalized spacial score (nSPS) is 12.1. The molecule has 0 unspecified atom stereocenters. The average Bonchev–Trinajstić information content (AvgIpc) is 2.06. The number of aromatic nitrogens is 1. The van der Waals surface area contributed by atoms with Crippen LogP contribution in [0, 0.1) is 10.6 Å². The van der Waals surface area contributed by atoms with Crippen molar-refractivity contribution in [2.24, 2.45) is 0 Å². The van der Waals surface area contributed by atoms with Crippen molar-refractivity contribution in [2.45, 2.75) is 18.4 Å². The molecular formula is C7H5ClF2INO2S. The Kier molecular flexibility index (Phi) is 3.88. The fourth-order valence-corrected chi connectivity index (χ4v) is 2.51. The number of rotatable bonds is 2. The van der Waals surface area contributed by atoms with Crippen LogP contribution in [0.3, 0.4) is 0 Å². The first-order valence-electron chi connectivity index (χ1n) is 3.63. The highest BCUT2D eigenvalue weighted by Gasteiger charge is 2.24. The van der Waals surface area contributed by atoms with Gasteiger partial charge < -0.3 is 0 Å². The number of alkyl halides is 2. The molecule has 0 radical (unpaired) electrons. The van der Waals surface area contributed by atoms with Crippen LogP contribution in [0.25, 0.3) is 0 Å². The van der Waals surface area contributed by atoms with Crippen LogP contribution in [0.4, 0.5) is 8.78 Å². The van der Waals surface area contributed by atoms with Gasteiger partial charge in [-0.25, -0.2) is 22.2 Å². The number of hydrogen-bond acceptors (Lipinski definition) is 3. The number of nitrogens with zero attached hydrogens (tertiary/aromatic N) is 1. The predicted molar refractivity (Wildman–Crippen MR) is 59.7 cm³/mol. The highest BCUT2D eigenvalue weighted by molar-refractivity contribution is 14.1. The molecule has 0 N–H and O–H groups in total. The van der Waals surface area contributed by atoms with Gasteiger partial charge in [0.15, 0.2) is 5.03 Å². The van der Waals surface area contributed by atoms with Crippen LogP contribution in [0.2, 0.25) is 0 Å². The molecule has 1 aromatic rings. The summed E-state index contributed by atoms with van der Waals surface area (Å²) < 4.78 is 47.3. The average molecular weight is 368 g/mol. The van der Waals surface area contributed by atoms with Gasteiger partial charge in [0.05, 0.1) is 5.56 Å². The van der Waals surface area contributed by atoms with Crippen LogP contribution in [0.1, 0.15) is 17.6 Å². The maximum atomic E-state index is 12.5. The van der Waals surface area contributed by atoms with E-state index in [0.29, 0.717) is 9.26 Å². The predicted octanol–water partition coefficient (Wildman–Crippen LogP) is 2.86. The fourth-order valence-electron chi connectivity index (χ4n) is 0.948. The molecule has 1 heterocycles. The van der Waals surface area contributed by atoms with E-state index in [1.165, 1.54) is 0 Å². The summed E-state index contributed by atoms with van der Waals surface area (Å²) in [5.74, 6) is 0. The topological polar surface area (TPSA) is 47.0 Å². The molecule has 0 saturated heterocycles. The van der Waals surface area contributed by atoms with E-state index in [4.69, 9.17) is 10.7 Å².